The number of carboxylic acids is 1. The number of phenols is 2. The van der Waals surface area contributed by atoms with Crippen LogP contribution < -0.4 is 5.32 Å². The maximum absolute atomic E-state index is 11.9. The Morgan fingerprint density at radius 2 is 1.90 bits per heavy atom. The first-order chi connectivity index (χ1) is 9.85. The number of phenolic OH excluding ortho intramolecular Hbond substituents is 2. The fourth-order valence-electron chi connectivity index (χ4n) is 1.53. The molecule has 0 fully saturated rings. The van der Waals surface area contributed by atoms with E-state index >= 15 is 0 Å². The lowest BCUT2D eigenvalue weighted by molar-refractivity contribution is -0.142. The number of methoxy groups -OCH3 is 1. The second-order valence-electron chi connectivity index (χ2n) is 4.18. The van der Waals surface area contributed by atoms with E-state index in [0.29, 0.717) is 0 Å². The second-order valence-corrected chi connectivity index (χ2v) is 4.18. The fourth-order valence-corrected chi connectivity index (χ4v) is 1.53. The Kier molecular flexibility index (Phi) is 5.53. The lowest BCUT2D eigenvalue weighted by Crippen LogP contribution is -2.41. The van der Waals surface area contributed by atoms with Gasteiger partial charge in [0.25, 0.3) is 5.91 Å². The van der Waals surface area contributed by atoms with E-state index in [1.807, 2.05) is 0 Å². The third-order valence-electron chi connectivity index (χ3n) is 2.71. The van der Waals surface area contributed by atoms with Crippen LogP contribution in [0, 0.1) is 0 Å². The zero-order valence-corrected chi connectivity index (χ0v) is 11.2. The van der Waals surface area contributed by atoms with Crippen molar-refractivity contribution >= 4 is 17.8 Å². The van der Waals surface area contributed by atoms with Crippen LogP contribution in [0.25, 0.3) is 0 Å². The zero-order chi connectivity index (χ0) is 16.0. The van der Waals surface area contributed by atoms with E-state index in [2.05, 4.69) is 10.1 Å². The van der Waals surface area contributed by atoms with Gasteiger partial charge in [-0.25, -0.2) is 4.79 Å². The molecular weight excluding hydrogens is 282 g/mol. The van der Waals surface area contributed by atoms with Crippen molar-refractivity contribution < 1.29 is 34.4 Å². The van der Waals surface area contributed by atoms with Crippen molar-refractivity contribution in [2.24, 2.45) is 0 Å². The van der Waals surface area contributed by atoms with Crippen molar-refractivity contribution in [3.8, 4) is 11.5 Å². The van der Waals surface area contributed by atoms with E-state index in [-0.39, 0.29) is 18.4 Å². The van der Waals surface area contributed by atoms with E-state index in [0.717, 1.165) is 12.1 Å². The van der Waals surface area contributed by atoms with E-state index in [1.54, 1.807) is 0 Å². The maximum Gasteiger partial charge on any atom is 0.326 e. The molecule has 1 amide bonds. The van der Waals surface area contributed by atoms with Crippen molar-refractivity contribution in [2.75, 3.05) is 7.11 Å². The number of amides is 1. The monoisotopic (exact) mass is 297 g/mol. The molecule has 8 nitrogen and oxygen atoms in total. The molecule has 1 unspecified atom stereocenters. The molecule has 8 heteroatoms. The van der Waals surface area contributed by atoms with Crippen LogP contribution in [0.3, 0.4) is 0 Å². The number of rotatable bonds is 6. The molecule has 0 bridgehead atoms. The Bertz CT molecular complexity index is 555. The molecule has 1 atom stereocenters. The van der Waals surface area contributed by atoms with Crippen LogP contribution >= 0.6 is 0 Å². The van der Waals surface area contributed by atoms with Crippen molar-refractivity contribution in [3.63, 3.8) is 0 Å². The number of aliphatic carboxylic acids is 1. The van der Waals surface area contributed by atoms with Gasteiger partial charge in [-0.2, -0.15) is 0 Å². The highest BCUT2D eigenvalue weighted by molar-refractivity contribution is 5.97. The van der Waals surface area contributed by atoms with E-state index in [4.69, 9.17) is 10.2 Å². The predicted octanol–water partition coefficient (Wildman–Crippen LogP) is 0.234. The summed E-state index contributed by atoms with van der Waals surface area (Å²) in [6.45, 7) is 0. The quantitative estimate of drug-likeness (QED) is 0.436. The van der Waals surface area contributed by atoms with Crippen LogP contribution in [-0.2, 0) is 14.3 Å². The predicted molar refractivity (Wildman–Crippen MR) is 69.9 cm³/mol. The minimum Gasteiger partial charge on any atom is -0.504 e. The summed E-state index contributed by atoms with van der Waals surface area (Å²) in [6.07, 6.45) is -0.285. The standard InChI is InChI=1S/C13H15NO7/c1-21-11(17)5-3-8(13(19)20)14-12(18)7-2-4-9(15)10(16)6-7/h2,4,6,8,15-16H,3,5H2,1H3,(H,14,18)(H,19,20). The molecule has 0 aromatic heterocycles. The van der Waals surface area contributed by atoms with Crippen LogP contribution in [0.1, 0.15) is 23.2 Å². The fraction of sp³-hybridized carbons (Fsp3) is 0.308. The highest BCUT2D eigenvalue weighted by atomic mass is 16.5. The van der Waals surface area contributed by atoms with Crippen molar-refractivity contribution in [3.05, 3.63) is 23.8 Å². The molecular formula is C13H15NO7. The Morgan fingerprint density at radius 3 is 2.43 bits per heavy atom. The topological polar surface area (TPSA) is 133 Å². The Balaban J connectivity index is 2.74. The smallest absolute Gasteiger partial charge is 0.326 e. The molecule has 0 aliphatic rings. The molecule has 4 N–H and O–H groups in total. The Labute approximate surface area is 120 Å². The largest absolute Gasteiger partial charge is 0.504 e. The number of carboxylic acid groups (broad SMARTS) is 1. The van der Waals surface area contributed by atoms with Gasteiger partial charge in [-0.1, -0.05) is 0 Å². The number of hydrogen-bond acceptors (Lipinski definition) is 6. The van der Waals surface area contributed by atoms with Crippen molar-refractivity contribution in [1.29, 1.82) is 0 Å². The highest BCUT2D eigenvalue weighted by Crippen LogP contribution is 2.24. The van der Waals surface area contributed by atoms with Crippen molar-refractivity contribution in [2.45, 2.75) is 18.9 Å². The number of carbonyl (C=O) groups is 3. The number of hydrogen-bond donors (Lipinski definition) is 4. The van der Waals surface area contributed by atoms with Gasteiger partial charge in [0.1, 0.15) is 6.04 Å². The Morgan fingerprint density at radius 1 is 1.24 bits per heavy atom. The normalized spacial score (nSPS) is 11.5. The average Bonchev–Trinajstić information content (AvgIpc) is 2.45. The van der Waals surface area contributed by atoms with Crippen LogP contribution in [0.5, 0.6) is 11.5 Å². The number of carbonyl (C=O) groups excluding carboxylic acids is 2. The molecule has 1 aromatic rings. The molecule has 0 radical (unpaired) electrons. The van der Waals surface area contributed by atoms with Crippen molar-refractivity contribution in [1.82, 2.24) is 5.32 Å². The van der Waals surface area contributed by atoms with Crippen LogP contribution in [-0.4, -0.2) is 46.3 Å². The first kappa shape index (κ1) is 16.3. The van der Waals surface area contributed by atoms with Crippen LogP contribution in [0.4, 0.5) is 0 Å². The Hall–Kier alpha value is -2.77. The van der Waals surface area contributed by atoms with Gasteiger partial charge in [0, 0.05) is 12.0 Å². The van der Waals surface area contributed by atoms with Crippen LogP contribution in [0.2, 0.25) is 0 Å². The molecule has 0 aliphatic carbocycles. The van der Waals surface area contributed by atoms with Gasteiger partial charge in [0.15, 0.2) is 11.5 Å². The molecule has 114 valence electrons. The first-order valence-corrected chi connectivity index (χ1v) is 5.97. The number of esters is 1. The molecule has 0 saturated carbocycles. The summed E-state index contributed by atoms with van der Waals surface area (Å²) in [6, 6.07) is 2.06. The number of nitrogens with one attached hydrogen (secondary N) is 1. The van der Waals surface area contributed by atoms with Gasteiger partial charge in [-0.3, -0.25) is 9.59 Å². The van der Waals surface area contributed by atoms with Gasteiger partial charge in [0.05, 0.1) is 7.11 Å². The third-order valence-corrected chi connectivity index (χ3v) is 2.71. The molecule has 0 spiro atoms. The number of aromatic hydroxyl groups is 2. The number of ether oxygens (including phenoxy) is 1. The summed E-state index contributed by atoms with van der Waals surface area (Å²) < 4.78 is 4.39. The molecule has 0 heterocycles. The summed E-state index contributed by atoms with van der Waals surface area (Å²) in [4.78, 5) is 33.9. The van der Waals surface area contributed by atoms with E-state index in [1.165, 1.54) is 13.2 Å². The lowest BCUT2D eigenvalue weighted by atomic mass is 10.1. The lowest BCUT2D eigenvalue weighted by Gasteiger charge is -2.14. The summed E-state index contributed by atoms with van der Waals surface area (Å²) in [5.74, 6) is -3.52. The molecule has 1 rings (SSSR count). The van der Waals surface area contributed by atoms with Gasteiger partial charge in [-0.05, 0) is 24.6 Å². The summed E-state index contributed by atoms with van der Waals surface area (Å²) in [5.41, 5.74) is -0.0189. The third kappa shape index (κ3) is 4.68. The second kappa shape index (κ2) is 7.13. The SMILES string of the molecule is COC(=O)CCC(NC(=O)c1ccc(O)c(O)c1)C(=O)O. The zero-order valence-electron chi connectivity index (χ0n) is 11.2. The van der Waals surface area contributed by atoms with Gasteiger partial charge >= 0.3 is 11.9 Å². The van der Waals surface area contributed by atoms with Gasteiger partial charge < -0.3 is 25.4 Å². The first-order valence-electron chi connectivity index (χ1n) is 5.97. The summed E-state index contributed by atoms with van der Waals surface area (Å²) in [5, 5.41) is 29.7. The minimum atomic E-state index is -1.30. The van der Waals surface area contributed by atoms with E-state index < -0.39 is 35.4 Å². The maximum atomic E-state index is 11.9. The average molecular weight is 297 g/mol. The molecule has 0 saturated heterocycles. The molecule has 21 heavy (non-hydrogen) atoms. The summed E-state index contributed by atoms with van der Waals surface area (Å²) >= 11 is 0. The molecule has 0 aliphatic heterocycles. The van der Waals surface area contributed by atoms with Gasteiger partial charge in [0.2, 0.25) is 0 Å². The highest BCUT2D eigenvalue weighted by Gasteiger charge is 2.22. The summed E-state index contributed by atoms with van der Waals surface area (Å²) in [7, 11) is 1.18. The van der Waals surface area contributed by atoms with E-state index in [9.17, 15) is 19.5 Å². The number of benzene rings is 1. The van der Waals surface area contributed by atoms with Crippen LogP contribution in [0.15, 0.2) is 18.2 Å². The molecule has 1 aromatic carbocycles. The minimum absolute atomic E-state index is 0.0189. The van der Waals surface area contributed by atoms with Gasteiger partial charge in [-0.15, -0.1) is 0 Å².